The highest BCUT2D eigenvalue weighted by Gasteiger charge is 2.20. The van der Waals surface area contributed by atoms with Crippen molar-refractivity contribution >= 4 is 35.7 Å². The van der Waals surface area contributed by atoms with Gasteiger partial charge in [0.25, 0.3) is 9.05 Å². The van der Waals surface area contributed by atoms with Crippen LogP contribution in [-0.2, 0) is 9.05 Å². The summed E-state index contributed by atoms with van der Waals surface area (Å²) >= 11 is 2.69. The van der Waals surface area contributed by atoms with Gasteiger partial charge in [0, 0.05) is 21.2 Å². The van der Waals surface area contributed by atoms with Crippen molar-refractivity contribution < 1.29 is 17.2 Å². The van der Waals surface area contributed by atoms with Crippen LogP contribution >= 0.6 is 26.6 Å². The molecule has 7 heteroatoms. The van der Waals surface area contributed by atoms with Crippen molar-refractivity contribution in [2.24, 2.45) is 0 Å². The van der Waals surface area contributed by atoms with Crippen LogP contribution in [-0.4, -0.2) is 8.42 Å². The molecule has 0 unspecified atom stereocenters. The van der Waals surface area contributed by atoms with E-state index in [1.165, 1.54) is 0 Å². The number of hydrogen-bond acceptors (Lipinski definition) is 2. The van der Waals surface area contributed by atoms with Gasteiger partial charge in [0.15, 0.2) is 0 Å². The van der Waals surface area contributed by atoms with Crippen molar-refractivity contribution in [3.63, 3.8) is 0 Å². The van der Waals surface area contributed by atoms with Crippen LogP contribution in [0.2, 0.25) is 0 Å². The smallest absolute Gasteiger partial charge is 0.207 e. The van der Waals surface area contributed by atoms with Crippen LogP contribution < -0.4 is 0 Å². The molecular formula is C6H2BrClF2O2S. The van der Waals surface area contributed by atoms with E-state index in [1.54, 1.807) is 0 Å². The normalized spacial score (nSPS) is 11.7. The van der Waals surface area contributed by atoms with Crippen molar-refractivity contribution in [2.45, 2.75) is 4.90 Å². The van der Waals surface area contributed by atoms with E-state index < -0.39 is 25.6 Å². The van der Waals surface area contributed by atoms with Crippen molar-refractivity contribution in [2.75, 3.05) is 0 Å². The van der Waals surface area contributed by atoms with Gasteiger partial charge in [-0.3, -0.25) is 0 Å². The monoisotopic (exact) mass is 290 g/mol. The predicted molar refractivity (Wildman–Crippen MR) is 47.1 cm³/mol. The number of rotatable bonds is 1. The topological polar surface area (TPSA) is 34.1 Å². The summed E-state index contributed by atoms with van der Waals surface area (Å²) in [5.41, 5.74) is 0. The van der Waals surface area contributed by atoms with E-state index in [4.69, 9.17) is 10.7 Å². The Hall–Kier alpha value is -0.200. The van der Waals surface area contributed by atoms with Gasteiger partial charge in [0.1, 0.15) is 16.5 Å². The van der Waals surface area contributed by atoms with Gasteiger partial charge in [-0.05, 0) is 22.0 Å². The Morgan fingerprint density at radius 1 is 1.31 bits per heavy atom. The van der Waals surface area contributed by atoms with Gasteiger partial charge in [-0.15, -0.1) is 0 Å². The van der Waals surface area contributed by atoms with Crippen molar-refractivity contribution in [3.8, 4) is 0 Å². The van der Waals surface area contributed by atoms with E-state index in [0.717, 1.165) is 6.07 Å². The molecule has 0 N–H and O–H groups in total. The lowest BCUT2D eigenvalue weighted by molar-refractivity contribution is 0.551. The zero-order valence-corrected chi connectivity index (χ0v) is 9.05. The Labute approximate surface area is 86.1 Å². The summed E-state index contributed by atoms with van der Waals surface area (Å²) in [6, 6.07) is 1.26. The molecule has 1 aromatic carbocycles. The molecule has 1 aromatic rings. The second-order valence-electron chi connectivity index (χ2n) is 2.14. The van der Waals surface area contributed by atoms with Gasteiger partial charge in [0.05, 0.1) is 0 Å². The fourth-order valence-electron chi connectivity index (χ4n) is 0.762. The molecule has 0 saturated carbocycles. The molecule has 0 amide bonds. The first kappa shape index (κ1) is 10.9. The Balaban J connectivity index is 3.57. The highest BCUT2D eigenvalue weighted by Crippen LogP contribution is 2.28. The fraction of sp³-hybridized carbons (Fsp3) is 0. The van der Waals surface area contributed by atoms with Gasteiger partial charge in [-0.25, -0.2) is 17.2 Å². The number of halogens is 4. The molecule has 2 nitrogen and oxygen atoms in total. The predicted octanol–water partition coefficient (Wildman–Crippen LogP) is 2.65. The summed E-state index contributed by atoms with van der Waals surface area (Å²) in [5.74, 6) is -2.10. The zero-order valence-electron chi connectivity index (χ0n) is 5.89. The Kier molecular flexibility index (Phi) is 2.94. The maximum absolute atomic E-state index is 12.9. The van der Waals surface area contributed by atoms with Crippen LogP contribution in [0, 0.1) is 11.6 Å². The molecule has 0 spiro atoms. The molecule has 0 fully saturated rings. The Bertz CT molecular complexity index is 423. The molecule has 0 aliphatic heterocycles. The molecule has 1 rings (SSSR count). The lowest BCUT2D eigenvalue weighted by Gasteiger charge is -2.01. The molecule has 0 aliphatic carbocycles. The third kappa shape index (κ3) is 2.38. The van der Waals surface area contributed by atoms with E-state index in [9.17, 15) is 17.2 Å². The van der Waals surface area contributed by atoms with Crippen molar-refractivity contribution in [3.05, 3.63) is 28.2 Å². The number of benzene rings is 1. The quantitative estimate of drug-likeness (QED) is 0.746. The molecule has 13 heavy (non-hydrogen) atoms. The van der Waals surface area contributed by atoms with Gasteiger partial charge in [-0.1, -0.05) is 0 Å². The lowest BCUT2D eigenvalue weighted by Crippen LogP contribution is -1.97. The lowest BCUT2D eigenvalue weighted by atomic mass is 10.3. The van der Waals surface area contributed by atoms with Crippen LogP contribution in [0.1, 0.15) is 0 Å². The summed E-state index contributed by atoms with van der Waals surface area (Å²) in [6.07, 6.45) is 0. The highest BCUT2D eigenvalue weighted by atomic mass is 79.9. The first-order valence-electron chi connectivity index (χ1n) is 2.91. The standard InChI is InChI=1S/C6H2BrClF2O2S/c7-4-1-3(9)2-5(10)6(4)13(8,11)12/h1-2H. The third-order valence-electron chi connectivity index (χ3n) is 1.21. The van der Waals surface area contributed by atoms with E-state index in [0.29, 0.717) is 6.07 Å². The van der Waals surface area contributed by atoms with Gasteiger partial charge in [-0.2, -0.15) is 0 Å². The second-order valence-corrected chi connectivity index (χ2v) is 5.49. The minimum Gasteiger partial charge on any atom is -0.207 e. The minimum atomic E-state index is -4.20. The summed E-state index contributed by atoms with van der Waals surface area (Å²) in [6.45, 7) is 0. The average molecular weight is 292 g/mol. The van der Waals surface area contributed by atoms with Crippen LogP contribution in [0.25, 0.3) is 0 Å². The van der Waals surface area contributed by atoms with Crippen molar-refractivity contribution in [1.82, 2.24) is 0 Å². The average Bonchev–Trinajstić information content (AvgIpc) is 1.78. The first-order valence-corrected chi connectivity index (χ1v) is 6.02. The number of hydrogen-bond donors (Lipinski definition) is 0. The molecule has 0 aromatic heterocycles. The molecule has 0 aliphatic rings. The molecule has 0 bridgehead atoms. The largest absolute Gasteiger partial charge is 0.265 e. The van der Waals surface area contributed by atoms with Crippen LogP contribution in [0.15, 0.2) is 21.5 Å². The molecular weight excluding hydrogens is 289 g/mol. The molecule has 72 valence electrons. The SMILES string of the molecule is O=S(=O)(Cl)c1c(F)cc(F)cc1Br. The summed E-state index contributed by atoms with van der Waals surface area (Å²) < 4.78 is 46.6. The van der Waals surface area contributed by atoms with Gasteiger partial charge < -0.3 is 0 Å². The van der Waals surface area contributed by atoms with E-state index in [1.807, 2.05) is 0 Å². The highest BCUT2D eigenvalue weighted by molar-refractivity contribution is 9.10. The van der Waals surface area contributed by atoms with E-state index in [2.05, 4.69) is 15.9 Å². The summed E-state index contributed by atoms with van der Waals surface area (Å²) in [7, 11) is 0.704. The second kappa shape index (κ2) is 3.51. The van der Waals surface area contributed by atoms with Gasteiger partial charge >= 0.3 is 0 Å². The molecule has 0 heterocycles. The Morgan fingerprint density at radius 2 is 1.85 bits per heavy atom. The summed E-state index contributed by atoms with van der Waals surface area (Å²) in [4.78, 5) is -0.754. The van der Waals surface area contributed by atoms with Gasteiger partial charge in [0.2, 0.25) is 0 Å². The third-order valence-corrected chi connectivity index (χ3v) is 3.46. The molecule has 0 radical (unpaired) electrons. The van der Waals surface area contributed by atoms with E-state index in [-0.39, 0.29) is 4.47 Å². The maximum atomic E-state index is 12.9. The van der Waals surface area contributed by atoms with Crippen LogP contribution in [0.5, 0.6) is 0 Å². The van der Waals surface area contributed by atoms with E-state index >= 15 is 0 Å². The fourth-order valence-corrected chi connectivity index (χ4v) is 3.14. The molecule has 0 atom stereocenters. The van der Waals surface area contributed by atoms with Crippen molar-refractivity contribution in [1.29, 1.82) is 0 Å². The maximum Gasteiger partial charge on any atom is 0.265 e. The van der Waals surface area contributed by atoms with Crippen LogP contribution in [0.3, 0.4) is 0 Å². The Morgan fingerprint density at radius 3 is 2.23 bits per heavy atom. The van der Waals surface area contributed by atoms with Crippen LogP contribution in [0.4, 0.5) is 8.78 Å². The molecule has 0 saturated heterocycles. The summed E-state index contributed by atoms with van der Waals surface area (Å²) in [5, 5.41) is 0. The zero-order chi connectivity index (χ0) is 10.2. The first-order chi connectivity index (χ1) is 5.82. The minimum absolute atomic E-state index is 0.236.